The number of carbonyl (C=O) groups excluding carboxylic acids is 1. The highest BCUT2D eigenvalue weighted by Gasteiger charge is 2.22. The predicted octanol–water partition coefficient (Wildman–Crippen LogP) is 3.10. The van der Waals surface area contributed by atoms with Crippen LogP contribution in [0.4, 0.5) is 0 Å². The SMILES string of the molecule is O=C(O)CCO[C@H](C(=O)c1ccccc1)c1ccccc1. The number of carboxylic acids is 1. The van der Waals surface area contributed by atoms with E-state index in [2.05, 4.69) is 0 Å². The summed E-state index contributed by atoms with van der Waals surface area (Å²) in [7, 11) is 0. The van der Waals surface area contributed by atoms with Crippen LogP contribution in [0.25, 0.3) is 0 Å². The van der Waals surface area contributed by atoms with Gasteiger partial charge in [-0.25, -0.2) is 0 Å². The molecule has 0 saturated heterocycles. The van der Waals surface area contributed by atoms with Crippen molar-refractivity contribution >= 4 is 11.8 Å². The van der Waals surface area contributed by atoms with E-state index in [0.717, 1.165) is 5.56 Å². The molecule has 2 rings (SSSR count). The largest absolute Gasteiger partial charge is 0.481 e. The Bertz CT molecular complexity index is 593. The molecule has 0 bridgehead atoms. The number of carbonyl (C=O) groups is 2. The molecule has 4 nitrogen and oxygen atoms in total. The van der Waals surface area contributed by atoms with Crippen LogP contribution in [0.5, 0.6) is 0 Å². The van der Waals surface area contributed by atoms with E-state index in [1.807, 2.05) is 24.3 Å². The van der Waals surface area contributed by atoms with Crippen molar-refractivity contribution in [2.75, 3.05) is 6.61 Å². The van der Waals surface area contributed by atoms with Gasteiger partial charge < -0.3 is 9.84 Å². The van der Waals surface area contributed by atoms with Gasteiger partial charge in [0.25, 0.3) is 0 Å². The fraction of sp³-hybridized carbons (Fsp3) is 0.176. The molecule has 2 aromatic rings. The van der Waals surface area contributed by atoms with Gasteiger partial charge in [0.1, 0.15) is 6.10 Å². The number of Topliss-reactive ketones (excluding diaryl/α,β-unsaturated/α-hetero) is 1. The minimum atomic E-state index is -0.950. The molecule has 0 radical (unpaired) electrons. The van der Waals surface area contributed by atoms with Gasteiger partial charge in [0, 0.05) is 5.56 Å². The van der Waals surface area contributed by atoms with Gasteiger partial charge in [-0.1, -0.05) is 60.7 Å². The molecule has 2 aromatic carbocycles. The quantitative estimate of drug-likeness (QED) is 0.793. The number of ether oxygens (including phenoxy) is 1. The summed E-state index contributed by atoms with van der Waals surface area (Å²) in [6.07, 6.45) is -0.918. The van der Waals surface area contributed by atoms with E-state index >= 15 is 0 Å². The maximum Gasteiger partial charge on any atom is 0.305 e. The lowest BCUT2D eigenvalue weighted by molar-refractivity contribution is -0.138. The lowest BCUT2D eigenvalue weighted by Gasteiger charge is -2.17. The molecule has 1 atom stereocenters. The number of rotatable bonds is 7. The summed E-state index contributed by atoms with van der Waals surface area (Å²) < 4.78 is 5.52. The zero-order valence-electron chi connectivity index (χ0n) is 11.4. The molecule has 1 N–H and O–H groups in total. The van der Waals surface area contributed by atoms with Crippen molar-refractivity contribution in [2.24, 2.45) is 0 Å². The van der Waals surface area contributed by atoms with Gasteiger partial charge in [0.05, 0.1) is 13.0 Å². The fourth-order valence-electron chi connectivity index (χ4n) is 1.97. The first-order valence-electron chi connectivity index (χ1n) is 6.66. The molecular weight excluding hydrogens is 268 g/mol. The Hall–Kier alpha value is -2.46. The standard InChI is InChI=1S/C17H16O4/c18-15(19)11-12-21-17(14-9-5-2-6-10-14)16(20)13-7-3-1-4-8-13/h1-10,17H,11-12H2,(H,18,19)/t17-/m0/s1. The second-order valence-electron chi connectivity index (χ2n) is 4.54. The maximum atomic E-state index is 12.5. The van der Waals surface area contributed by atoms with E-state index in [1.54, 1.807) is 36.4 Å². The summed E-state index contributed by atoms with van der Waals surface area (Å²) >= 11 is 0. The van der Waals surface area contributed by atoms with E-state index in [1.165, 1.54) is 0 Å². The van der Waals surface area contributed by atoms with E-state index in [9.17, 15) is 9.59 Å². The van der Waals surface area contributed by atoms with Gasteiger partial charge in [-0.2, -0.15) is 0 Å². The molecule has 0 heterocycles. The van der Waals surface area contributed by atoms with Crippen LogP contribution in [0.1, 0.15) is 28.4 Å². The highest BCUT2D eigenvalue weighted by molar-refractivity contribution is 6.00. The highest BCUT2D eigenvalue weighted by Crippen LogP contribution is 2.22. The normalized spacial score (nSPS) is 11.8. The summed E-state index contributed by atoms with van der Waals surface area (Å²) in [6, 6.07) is 17.9. The molecule has 0 spiro atoms. The molecule has 108 valence electrons. The number of hydrogen-bond acceptors (Lipinski definition) is 3. The molecular formula is C17H16O4. The Morgan fingerprint density at radius 2 is 1.52 bits per heavy atom. The Morgan fingerprint density at radius 3 is 2.10 bits per heavy atom. The molecule has 0 amide bonds. The molecule has 0 fully saturated rings. The van der Waals surface area contributed by atoms with Crippen LogP contribution in [-0.4, -0.2) is 23.5 Å². The van der Waals surface area contributed by atoms with Gasteiger partial charge >= 0.3 is 5.97 Å². The Balaban J connectivity index is 2.19. The van der Waals surface area contributed by atoms with Crippen LogP contribution in [0, 0.1) is 0 Å². The number of aliphatic carboxylic acids is 1. The van der Waals surface area contributed by atoms with Crippen molar-refractivity contribution in [3.05, 3.63) is 71.8 Å². The van der Waals surface area contributed by atoms with E-state index in [0.29, 0.717) is 5.56 Å². The van der Waals surface area contributed by atoms with Gasteiger partial charge in [0.2, 0.25) is 0 Å². The third-order valence-electron chi connectivity index (χ3n) is 3.00. The zero-order chi connectivity index (χ0) is 15.1. The molecule has 0 aromatic heterocycles. The lowest BCUT2D eigenvalue weighted by atomic mass is 10.00. The summed E-state index contributed by atoms with van der Waals surface area (Å²) in [5, 5.41) is 8.69. The minimum Gasteiger partial charge on any atom is -0.481 e. The summed E-state index contributed by atoms with van der Waals surface area (Å²) in [4.78, 5) is 23.1. The second-order valence-corrected chi connectivity index (χ2v) is 4.54. The zero-order valence-corrected chi connectivity index (χ0v) is 11.4. The summed E-state index contributed by atoms with van der Waals surface area (Å²) in [5.74, 6) is -1.12. The summed E-state index contributed by atoms with van der Waals surface area (Å²) in [5.41, 5.74) is 1.26. The van der Waals surface area contributed by atoms with E-state index < -0.39 is 12.1 Å². The monoisotopic (exact) mass is 284 g/mol. The number of ketones is 1. The fourth-order valence-corrected chi connectivity index (χ4v) is 1.97. The van der Waals surface area contributed by atoms with Crippen LogP contribution >= 0.6 is 0 Å². The number of benzene rings is 2. The van der Waals surface area contributed by atoms with E-state index in [4.69, 9.17) is 9.84 Å². The van der Waals surface area contributed by atoms with Crippen LogP contribution in [0.3, 0.4) is 0 Å². The Kier molecular flexibility index (Phi) is 5.23. The number of carboxylic acid groups (broad SMARTS) is 1. The first-order chi connectivity index (χ1) is 10.2. The van der Waals surface area contributed by atoms with Crippen LogP contribution < -0.4 is 0 Å². The first-order valence-corrected chi connectivity index (χ1v) is 6.66. The predicted molar refractivity (Wildman–Crippen MR) is 78.2 cm³/mol. The van der Waals surface area contributed by atoms with Crippen LogP contribution in [0.2, 0.25) is 0 Å². The second kappa shape index (κ2) is 7.36. The molecule has 21 heavy (non-hydrogen) atoms. The Labute approximate surface area is 123 Å². The molecule has 0 aliphatic carbocycles. The highest BCUT2D eigenvalue weighted by atomic mass is 16.5. The third-order valence-corrected chi connectivity index (χ3v) is 3.00. The van der Waals surface area contributed by atoms with Gasteiger partial charge in [-0.3, -0.25) is 9.59 Å². The summed E-state index contributed by atoms with van der Waals surface area (Å²) in [6.45, 7) is -0.00648. The molecule has 0 saturated carbocycles. The molecule has 4 heteroatoms. The number of hydrogen-bond donors (Lipinski definition) is 1. The molecule has 0 unspecified atom stereocenters. The Morgan fingerprint density at radius 1 is 0.952 bits per heavy atom. The van der Waals surface area contributed by atoms with Crippen LogP contribution in [0.15, 0.2) is 60.7 Å². The third kappa shape index (κ3) is 4.26. The van der Waals surface area contributed by atoms with Gasteiger partial charge in [0.15, 0.2) is 5.78 Å². The van der Waals surface area contributed by atoms with E-state index in [-0.39, 0.29) is 18.8 Å². The van der Waals surface area contributed by atoms with Crippen molar-refractivity contribution in [1.29, 1.82) is 0 Å². The first kappa shape index (κ1) is 14.9. The van der Waals surface area contributed by atoms with Crippen molar-refractivity contribution in [2.45, 2.75) is 12.5 Å². The van der Waals surface area contributed by atoms with Crippen molar-refractivity contribution in [3.8, 4) is 0 Å². The molecule has 0 aliphatic rings. The topological polar surface area (TPSA) is 63.6 Å². The van der Waals surface area contributed by atoms with Gasteiger partial charge in [-0.05, 0) is 5.56 Å². The van der Waals surface area contributed by atoms with Crippen molar-refractivity contribution < 1.29 is 19.4 Å². The van der Waals surface area contributed by atoms with Crippen LogP contribution in [-0.2, 0) is 9.53 Å². The van der Waals surface area contributed by atoms with Gasteiger partial charge in [-0.15, -0.1) is 0 Å². The average Bonchev–Trinajstić information content (AvgIpc) is 2.52. The minimum absolute atomic E-state index is 0.00648. The smallest absolute Gasteiger partial charge is 0.305 e. The molecule has 0 aliphatic heterocycles. The lowest BCUT2D eigenvalue weighted by Crippen LogP contribution is -2.18. The average molecular weight is 284 g/mol. The van der Waals surface area contributed by atoms with Crippen molar-refractivity contribution in [3.63, 3.8) is 0 Å². The van der Waals surface area contributed by atoms with Crippen molar-refractivity contribution in [1.82, 2.24) is 0 Å². The maximum absolute atomic E-state index is 12.5.